The summed E-state index contributed by atoms with van der Waals surface area (Å²) < 4.78 is 22.9. The molecule has 2 aliphatic heterocycles. The smallest absolute Gasteiger partial charge is 0.232 e. The summed E-state index contributed by atoms with van der Waals surface area (Å²) in [4.78, 5) is 27.5. The summed E-state index contributed by atoms with van der Waals surface area (Å²) >= 11 is 0. The zero-order chi connectivity index (χ0) is 15.5. The molecule has 0 N–H and O–H groups in total. The summed E-state index contributed by atoms with van der Waals surface area (Å²) in [7, 11) is -1.42. The van der Waals surface area contributed by atoms with Crippen LogP contribution in [-0.2, 0) is 19.4 Å². The van der Waals surface area contributed by atoms with E-state index in [9.17, 15) is 18.0 Å². The second-order valence-electron chi connectivity index (χ2n) is 6.03. The highest BCUT2D eigenvalue weighted by molar-refractivity contribution is 7.91. The first-order chi connectivity index (χ1) is 9.89. The third-order valence-electron chi connectivity index (χ3n) is 4.41. The van der Waals surface area contributed by atoms with Gasteiger partial charge in [-0.05, 0) is 19.3 Å². The Bertz CT molecular complexity index is 495. The minimum absolute atomic E-state index is 0.0210. The van der Waals surface area contributed by atoms with E-state index >= 15 is 0 Å². The van der Waals surface area contributed by atoms with E-state index in [2.05, 4.69) is 0 Å². The van der Waals surface area contributed by atoms with Crippen LogP contribution in [0.25, 0.3) is 0 Å². The van der Waals surface area contributed by atoms with E-state index in [1.807, 2.05) is 0 Å². The molecule has 0 aliphatic carbocycles. The topological polar surface area (TPSA) is 74.8 Å². The highest BCUT2D eigenvalue weighted by atomic mass is 32.2. The van der Waals surface area contributed by atoms with Crippen molar-refractivity contribution < 1.29 is 18.0 Å². The van der Waals surface area contributed by atoms with Gasteiger partial charge >= 0.3 is 0 Å². The van der Waals surface area contributed by atoms with E-state index in [4.69, 9.17) is 0 Å². The molecule has 2 amide bonds. The molecule has 0 aromatic carbocycles. The van der Waals surface area contributed by atoms with Crippen molar-refractivity contribution in [2.75, 3.05) is 31.6 Å². The van der Waals surface area contributed by atoms with Gasteiger partial charge in [0.05, 0.1) is 11.5 Å². The third kappa shape index (κ3) is 4.43. The van der Waals surface area contributed by atoms with Crippen LogP contribution in [0.15, 0.2) is 0 Å². The van der Waals surface area contributed by atoms with Crippen molar-refractivity contribution in [1.29, 1.82) is 0 Å². The van der Waals surface area contributed by atoms with Crippen molar-refractivity contribution in [3.05, 3.63) is 0 Å². The fourth-order valence-electron chi connectivity index (χ4n) is 2.97. The van der Waals surface area contributed by atoms with Gasteiger partial charge in [-0.1, -0.05) is 12.8 Å². The standard InChI is InChI=1S/C14H24N2O4S/c1-15(12-6-9-21(19,20)11-12)13(17)10-14(18)16-7-4-2-3-5-8-16/h12H,2-11H2,1H3. The molecule has 0 aromatic rings. The number of hydrogen-bond donors (Lipinski definition) is 0. The zero-order valence-corrected chi connectivity index (χ0v) is 13.4. The number of carbonyl (C=O) groups is 2. The maximum atomic E-state index is 12.2. The van der Waals surface area contributed by atoms with Crippen LogP contribution in [0.2, 0.25) is 0 Å². The predicted molar refractivity (Wildman–Crippen MR) is 79.5 cm³/mol. The van der Waals surface area contributed by atoms with Gasteiger partial charge in [0.25, 0.3) is 0 Å². The van der Waals surface area contributed by atoms with Crippen LogP contribution in [0.1, 0.15) is 38.5 Å². The van der Waals surface area contributed by atoms with Crippen molar-refractivity contribution in [2.45, 2.75) is 44.6 Å². The Morgan fingerprint density at radius 2 is 1.76 bits per heavy atom. The maximum absolute atomic E-state index is 12.2. The summed E-state index contributed by atoms with van der Waals surface area (Å²) in [5.41, 5.74) is 0. The molecule has 0 radical (unpaired) electrons. The van der Waals surface area contributed by atoms with Crippen LogP contribution in [-0.4, -0.2) is 67.7 Å². The molecule has 0 aromatic heterocycles. The Morgan fingerprint density at radius 3 is 2.29 bits per heavy atom. The Labute approximate surface area is 126 Å². The van der Waals surface area contributed by atoms with E-state index in [1.54, 1.807) is 11.9 Å². The molecule has 1 unspecified atom stereocenters. The summed E-state index contributed by atoms with van der Waals surface area (Å²) in [6.07, 6.45) is 4.60. The fraction of sp³-hybridized carbons (Fsp3) is 0.857. The molecule has 6 nitrogen and oxygen atoms in total. The summed E-state index contributed by atoms with van der Waals surface area (Å²) in [6.45, 7) is 1.46. The van der Waals surface area contributed by atoms with E-state index in [0.717, 1.165) is 38.8 Å². The molecule has 0 bridgehead atoms. The SMILES string of the molecule is CN(C(=O)CC(=O)N1CCCCCC1)C1CCS(=O)(=O)C1. The van der Waals surface area contributed by atoms with Gasteiger partial charge in [-0.25, -0.2) is 8.42 Å². The normalized spacial score (nSPS) is 25.4. The molecule has 120 valence electrons. The number of hydrogen-bond acceptors (Lipinski definition) is 4. The van der Waals surface area contributed by atoms with E-state index in [-0.39, 0.29) is 35.8 Å². The second-order valence-corrected chi connectivity index (χ2v) is 8.26. The first kappa shape index (κ1) is 16.3. The van der Waals surface area contributed by atoms with Crippen LogP contribution < -0.4 is 0 Å². The first-order valence-electron chi connectivity index (χ1n) is 7.63. The highest BCUT2D eigenvalue weighted by Crippen LogP contribution is 2.18. The van der Waals surface area contributed by atoms with Crippen molar-refractivity contribution in [2.24, 2.45) is 0 Å². The lowest BCUT2D eigenvalue weighted by Gasteiger charge is -2.25. The average molecular weight is 316 g/mol. The number of likely N-dealkylation sites (tertiary alicyclic amines) is 1. The summed E-state index contributed by atoms with van der Waals surface area (Å²) in [6, 6.07) is -0.278. The molecule has 2 aliphatic rings. The molecule has 7 heteroatoms. The van der Waals surface area contributed by atoms with Gasteiger partial charge in [-0.3, -0.25) is 9.59 Å². The summed E-state index contributed by atoms with van der Waals surface area (Å²) in [5, 5.41) is 0. The number of amides is 2. The minimum Gasteiger partial charge on any atom is -0.342 e. The lowest BCUT2D eigenvalue weighted by Crippen LogP contribution is -2.41. The van der Waals surface area contributed by atoms with Crippen LogP contribution >= 0.6 is 0 Å². The van der Waals surface area contributed by atoms with Crippen molar-refractivity contribution in [1.82, 2.24) is 9.80 Å². The Hall–Kier alpha value is -1.11. The zero-order valence-electron chi connectivity index (χ0n) is 12.6. The van der Waals surface area contributed by atoms with Crippen LogP contribution in [0.3, 0.4) is 0 Å². The van der Waals surface area contributed by atoms with Crippen LogP contribution in [0, 0.1) is 0 Å². The fourth-order valence-corrected chi connectivity index (χ4v) is 4.74. The number of rotatable bonds is 3. The number of sulfone groups is 1. The molecule has 0 spiro atoms. The van der Waals surface area contributed by atoms with Gasteiger partial charge < -0.3 is 9.80 Å². The number of carbonyl (C=O) groups excluding carboxylic acids is 2. The van der Waals surface area contributed by atoms with Gasteiger partial charge in [0, 0.05) is 26.2 Å². The second kappa shape index (κ2) is 6.77. The first-order valence-corrected chi connectivity index (χ1v) is 9.45. The lowest BCUT2D eigenvalue weighted by atomic mass is 10.2. The van der Waals surface area contributed by atoms with E-state index in [0.29, 0.717) is 6.42 Å². The minimum atomic E-state index is -3.02. The monoisotopic (exact) mass is 316 g/mol. The quantitative estimate of drug-likeness (QED) is 0.708. The lowest BCUT2D eigenvalue weighted by molar-refractivity contribution is -0.140. The Kier molecular flexibility index (Phi) is 5.24. The molecular weight excluding hydrogens is 292 g/mol. The number of nitrogens with zero attached hydrogens (tertiary/aromatic N) is 2. The molecule has 2 heterocycles. The average Bonchev–Trinajstić information content (AvgIpc) is 2.66. The molecular formula is C14H24N2O4S. The van der Waals surface area contributed by atoms with Crippen LogP contribution in [0.4, 0.5) is 0 Å². The van der Waals surface area contributed by atoms with Gasteiger partial charge in [0.15, 0.2) is 9.84 Å². The highest BCUT2D eigenvalue weighted by Gasteiger charge is 2.33. The van der Waals surface area contributed by atoms with Gasteiger partial charge in [0.2, 0.25) is 11.8 Å². The molecule has 2 fully saturated rings. The van der Waals surface area contributed by atoms with Gasteiger partial charge in [0.1, 0.15) is 6.42 Å². The van der Waals surface area contributed by atoms with Gasteiger partial charge in [-0.2, -0.15) is 0 Å². The molecule has 1 atom stereocenters. The molecule has 2 saturated heterocycles. The molecule has 21 heavy (non-hydrogen) atoms. The third-order valence-corrected chi connectivity index (χ3v) is 6.16. The van der Waals surface area contributed by atoms with E-state index in [1.165, 1.54) is 4.90 Å². The predicted octanol–water partition coefficient (Wildman–Crippen LogP) is 0.425. The van der Waals surface area contributed by atoms with E-state index < -0.39 is 9.84 Å². The largest absolute Gasteiger partial charge is 0.342 e. The molecule has 0 saturated carbocycles. The van der Waals surface area contributed by atoms with Crippen molar-refractivity contribution >= 4 is 21.7 Å². The van der Waals surface area contributed by atoms with Crippen molar-refractivity contribution in [3.8, 4) is 0 Å². The Morgan fingerprint density at radius 1 is 1.14 bits per heavy atom. The Balaban J connectivity index is 1.86. The van der Waals surface area contributed by atoms with Gasteiger partial charge in [-0.15, -0.1) is 0 Å². The van der Waals surface area contributed by atoms with Crippen molar-refractivity contribution in [3.63, 3.8) is 0 Å². The molecule has 2 rings (SSSR count). The summed E-state index contributed by atoms with van der Waals surface area (Å²) in [5.74, 6) is -0.247. The maximum Gasteiger partial charge on any atom is 0.232 e. The van der Waals surface area contributed by atoms with Crippen LogP contribution in [0.5, 0.6) is 0 Å².